The molecule has 0 bridgehead atoms. The standard InChI is InChI=1S/C22H33N3O4.C7H8/c1-28-20-7-6-18(14-21(20)29-19-4-2-3-5-19)23-10-12-24(13-11-23)22(27)25-9-8-17(15-25)16-26;1-7-5-3-2-4-6-7/h6-7,14,17,19,26H,2-5,8-13,15-16H2,1H3;2-6H,1H3. The van der Waals surface area contributed by atoms with Gasteiger partial charge in [0.1, 0.15) is 0 Å². The first-order valence-electron chi connectivity index (χ1n) is 13.3. The number of aliphatic hydroxyl groups excluding tert-OH is 1. The highest BCUT2D eigenvalue weighted by Crippen LogP contribution is 2.35. The van der Waals surface area contributed by atoms with Crippen molar-refractivity contribution in [2.45, 2.75) is 45.1 Å². The fourth-order valence-electron chi connectivity index (χ4n) is 5.19. The summed E-state index contributed by atoms with van der Waals surface area (Å²) in [5.41, 5.74) is 2.44. The molecule has 0 aromatic heterocycles. The van der Waals surface area contributed by atoms with E-state index in [4.69, 9.17) is 9.47 Å². The molecule has 7 heteroatoms. The van der Waals surface area contributed by atoms with E-state index in [2.05, 4.69) is 36.1 Å². The van der Waals surface area contributed by atoms with Gasteiger partial charge in [-0.15, -0.1) is 0 Å². The highest BCUT2D eigenvalue weighted by atomic mass is 16.5. The first-order chi connectivity index (χ1) is 17.6. The van der Waals surface area contributed by atoms with Gasteiger partial charge in [-0.05, 0) is 51.2 Å². The summed E-state index contributed by atoms with van der Waals surface area (Å²) in [6.45, 7) is 6.71. The van der Waals surface area contributed by atoms with Crippen LogP contribution in [0.4, 0.5) is 10.5 Å². The zero-order valence-electron chi connectivity index (χ0n) is 21.8. The largest absolute Gasteiger partial charge is 0.493 e. The third kappa shape index (κ3) is 6.84. The summed E-state index contributed by atoms with van der Waals surface area (Å²) in [5, 5.41) is 9.31. The number of urea groups is 1. The Morgan fingerprint density at radius 2 is 1.64 bits per heavy atom. The molecule has 0 spiro atoms. The maximum atomic E-state index is 12.8. The number of benzene rings is 2. The van der Waals surface area contributed by atoms with E-state index in [1.165, 1.54) is 18.4 Å². The first kappa shape index (κ1) is 26.1. The molecule has 3 fully saturated rings. The minimum Gasteiger partial charge on any atom is -0.493 e. The summed E-state index contributed by atoms with van der Waals surface area (Å²) in [5.74, 6) is 1.84. The second-order valence-electron chi connectivity index (χ2n) is 10.1. The molecule has 2 saturated heterocycles. The molecular weight excluding hydrogens is 454 g/mol. The Labute approximate surface area is 215 Å². The summed E-state index contributed by atoms with van der Waals surface area (Å²) >= 11 is 0. The molecular formula is C29H41N3O4. The van der Waals surface area contributed by atoms with Crippen molar-refractivity contribution in [3.8, 4) is 11.5 Å². The monoisotopic (exact) mass is 495 g/mol. The van der Waals surface area contributed by atoms with Crippen molar-refractivity contribution in [2.75, 3.05) is 57.9 Å². The molecule has 3 aliphatic rings. The lowest BCUT2D eigenvalue weighted by Crippen LogP contribution is -2.52. The molecule has 2 aromatic carbocycles. The number of ether oxygens (including phenoxy) is 2. The van der Waals surface area contributed by atoms with Gasteiger partial charge in [-0.2, -0.15) is 0 Å². The fourth-order valence-corrected chi connectivity index (χ4v) is 5.19. The second kappa shape index (κ2) is 12.9. The average molecular weight is 496 g/mol. The number of hydrogen-bond acceptors (Lipinski definition) is 5. The zero-order valence-corrected chi connectivity index (χ0v) is 21.8. The molecule has 7 nitrogen and oxygen atoms in total. The van der Waals surface area contributed by atoms with Crippen molar-refractivity contribution in [2.24, 2.45) is 5.92 Å². The Kier molecular flexibility index (Phi) is 9.34. The van der Waals surface area contributed by atoms with Crippen LogP contribution < -0.4 is 14.4 Å². The average Bonchev–Trinajstić information content (AvgIpc) is 3.62. The van der Waals surface area contributed by atoms with Crippen LogP contribution in [-0.4, -0.2) is 80.0 Å². The Morgan fingerprint density at radius 1 is 0.917 bits per heavy atom. The lowest BCUT2D eigenvalue weighted by atomic mass is 10.1. The lowest BCUT2D eigenvalue weighted by Gasteiger charge is -2.38. The number of piperazine rings is 1. The molecule has 36 heavy (non-hydrogen) atoms. The molecule has 5 rings (SSSR count). The van der Waals surface area contributed by atoms with E-state index in [9.17, 15) is 9.90 Å². The first-order valence-corrected chi connectivity index (χ1v) is 13.3. The third-order valence-electron chi connectivity index (χ3n) is 7.41. The minimum atomic E-state index is 0.112. The van der Waals surface area contributed by atoms with Gasteiger partial charge in [0.25, 0.3) is 0 Å². The number of carbonyl (C=O) groups excluding carboxylic acids is 1. The Bertz CT molecular complexity index is 956. The highest BCUT2D eigenvalue weighted by Gasteiger charge is 2.31. The predicted octanol–water partition coefficient (Wildman–Crippen LogP) is 4.57. The smallest absolute Gasteiger partial charge is 0.320 e. The topological polar surface area (TPSA) is 65.5 Å². The van der Waals surface area contributed by atoms with Gasteiger partial charge in [-0.3, -0.25) is 0 Å². The number of aliphatic hydroxyl groups is 1. The second-order valence-corrected chi connectivity index (χ2v) is 10.1. The van der Waals surface area contributed by atoms with Crippen LogP contribution in [0.1, 0.15) is 37.7 Å². The van der Waals surface area contributed by atoms with Crippen molar-refractivity contribution in [3.63, 3.8) is 0 Å². The molecule has 1 atom stereocenters. The highest BCUT2D eigenvalue weighted by molar-refractivity contribution is 5.75. The summed E-state index contributed by atoms with van der Waals surface area (Å²) in [4.78, 5) is 18.9. The van der Waals surface area contributed by atoms with Crippen LogP contribution >= 0.6 is 0 Å². The third-order valence-corrected chi connectivity index (χ3v) is 7.41. The minimum absolute atomic E-state index is 0.112. The molecule has 2 aromatic rings. The van der Waals surface area contributed by atoms with Crippen LogP contribution in [0.15, 0.2) is 48.5 Å². The van der Waals surface area contributed by atoms with E-state index in [1.807, 2.05) is 34.1 Å². The van der Waals surface area contributed by atoms with Crippen molar-refractivity contribution >= 4 is 11.7 Å². The van der Waals surface area contributed by atoms with Gasteiger partial charge in [-0.25, -0.2) is 4.79 Å². The molecule has 1 unspecified atom stereocenters. The maximum Gasteiger partial charge on any atom is 0.320 e. The van der Waals surface area contributed by atoms with Gasteiger partial charge < -0.3 is 29.3 Å². The number of hydrogen-bond donors (Lipinski definition) is 1. The Balaban J connectivity index is 0.000000375. The van der Waals surface area contributed by atoms with Crippen LogP contribution in [0.3, 0.4) is 0 Å². The lowest BCUT2D eigenvalue weighted by molar-refractivity contribution is 0.154. The number of anilines is 1. The summed E-state index contributed by atoms with van der Waals surface area (Å²) in [6, 6.07) is 16.5. The van der Waals surface area contributed by atoms with Gasteiger partial charge >= 0.3 is 6.03 Å². The number of rotatable bonds is 5. The van der Waals surface area contributed by atoms with Gasteiger partial charge in [0.2, 0.25) is 0 Å². The van der Waals surface area contributed by atoms with Gasteiger partial charge in [0, 0.05) is 63.5 Å². The quantitative estimate of drug-likeness (QED) is 0.658. The van der Waals surface area contributed by atoms with E-state index in [0.29, 0.717) is 19.6 Å². The zero-order chi connectivity index (χ0) is 25.3. The number of aryl methyl sites for hydroxylation is 1. The number of methoxy groups -OCH3 is 1. The number of carbonyl (C=O) groups is 1. The van der Waals surface area contributed by atoms with E-state index in [1.54, 1.807) is 7.11 Å². The van der Waals surface area contributed by atoms with Gasteiger partial charge in [0.15, 0.2) is 11.5 Å². The summed E-state index contributed by atoms with van der Waals surface area (Å²) in [6.07, 6.45) is 5.88. The van der Waals surface area contributed by atoms with Crippen LogP contribution in [0.25, 0.3) is 0 Å². The molecule has 1 N–H and O–H groups in total. The van der Waals surface area contributed by atoms with Crippen molar-refractivity contribution in [3.05, 3.63) is 54.1 Å². The summed E-state index contributed by atoms with van der Waals surface area (Å²) < 4.78 is 11.7. The van der Waals surface area contributed by atoms with Crippen LogP contribution in [0.2, 0.25) is 0 Å². The number of likely N-dealkylation sites (tertiary alicyclic amines) is 1. The van der Waals surface area contributed by atoms with Gasteiger partial charge in [0.05, 0.1) is 13.2 Å². The predicted molar refractivity (Wildman–Crippen MR) is 143 cm³/mol. The Morgan fingerprint density at radius 3 is 2.22 bits per heavy atom. The molecule has 196 valence electrons. The Hall–Kier alpha value is -2.93. The van der Waals surface area contributed by atoms with Crippen molar-refractivity contribution in [1.82, 2.24) is 9.80 Å². The molecule has 2 heterocycles. The molecule has 1 aliphatic carbocycles. The molecule has 2 aliphatic heterocycles. The molecule has 2 amide bonds. The molecule has 1 saturated carbocycles. The van der Waals surface area contributed by atoms with Crippen LogP contribution in [0, 0.1) is 12.8 Å². The molecule has 0 radical (unpaired) electrons. The normalized spacial score (nSPS) is 20.2. The fraction of sp³-hybridized carbons (Fsp3) is 0.552. The summed E-state index contributed by atoms with van der Waals surface area (Å²) in [7, 11) is 1.68. The van der Waals surface area contributed by atoms with Gasteiger partial charge in [-0.1, -0.05) is 35.9 Å². The van der Waals surface area contributed by atoms with E-state index in [0.717, 1.165) is 56.1 Å². The number of nitrogens with zero attached hydrogens (tertiary/aromatic N) is 3. The van der Waals surface area contributed by atoms with E-state index in [-0.39, 0.29) is 24.7 Å². The van der Waals surface area contributed by atoms with Crippen LogP contribution in [-0.2, 0) is 0 Å². The SMILES string of the molecule is COc1ccc(N2CCN(C(=O)N3CCC(CO)C3)CC2)cc1OC1CCCC1.Cc1ccccc1. The number of amides is 2. The van der Waals surface area contributed by atoms with Crippen molar-refractivity contribution < 1.29 is 19.4 Å². The maximum absolute atomic E-state index is 12.8. The van der Waals surface area contributed by atoms with Crippen LogP contribution in [0.5, 0.6) is 11.5 Å². The van der Waals surface area contributed by atoms with Crippen molar-refractivity contribution in [1.29, 1.82) is 0 Å². The van der Waals surface area contributed by atoms with E-state index >= 15 is 0 Å². The van der Waals surface area contributed by atoms with E-state index < -0.39 is 0 Å².